The number of ether oxygens (including phenoxy) is 1. The number of fused-ring (bicyclic) bond motifs is 1. The van der Waals surface area contributed by atoms with Crippen LogP contribution < -0.4 is 10.1 Å². The van der Waals surface area contributed by atoms with Crippen LogP contribution in [0.25, 0.3) is 0 Å². The lowest BCUT2D eigenvalue weighted by atomic mass is 9.99. The molecule has 0 bridgehead atoms. The van der Waals surface area contributed by atoms with Crippen molar-refractivity contribution in [1.82, 2.24) is 4.90 Å². The smallest absolute Gasteiger partial charge is 0.289 e. The number of nitrogens with one attached hydrogen (secondary N) is 1. The summed E-state index contributed by atoms with van der Waals surface area (Å²) in [6.45, 7) is 0.947. The number of furan rings is 1. The van der Waals surface area contributed by atoms with E-state index >= 15 is 0 Å². The van der Waals surface area contributed by atoms with Crippen LogP contribution in [0.1, 0.15) is 21.7 Å². The summed E-state index contributed by atoms with van der Waals surface area (Å²) < 4.78 is 10.7. The summed E-state index contributed by atoms with van der Waals surface area (Å²) in [5, 5.41) is 3.28. The Hall–Kier alpha value is -3.25. The van der Waals surface area contributed by atoms with Crippen LogP contribution in [0.3, 0.4) is 0 Å². The number of hydrogen-bond donors (Lipinski definition) is 1. The first kappa shape index (κ1) is 19.1. The van der Waals surface area contributed by atoms with E-state index in [1.807, 2.05) is 18.2 Å². The molecule has 0 saturated carbocycles. The van der Waals surface area contributed by atoms with Gasteiger partial charge >= 0.3 is 0 Å². The summed E-state index contributed by atoms with van der Waals surface area (Å²) in [6.07, 6.45) is 2.25. The molecule has 0 saturated heterocycles. The molecule has 29 heavy (non-hydrogen) atoms. The lowest BCUT2D eigenvalue weighted by Gasteiger charge is -2.28. The van der Waals surface area contributed by atoms with Crippen molar-refractivity contribution in [1.29, 1.82) is 0 Å². The summed E-state index contributed by atoms with van der Waals surface area (Å²) in [5.41, 5.74) is 2.82. The third-order valence-electron chi connectivity index (χ3n) is 4.72. The SMILES string of the molecule is O=C(COc1ccccc1Cl)Nc1ccc2c(c1)CN(C(=O)c1ccco1)CC2. The first-order chi connectivity index (χ1) is 14.1. The summed E-state index contributed by atoms with van der Waals surface area (Å²) in [4.78, 5) is 26.5. The maximum Gasteiger partial charge on any atom is 0.289 e. The van der Waals surface area contributed by atoms with Crippen molar-refractivity contribution in [2.45, 2.75) is 13.0 Å². The molecule has 7 heteroatoms. The second kappa shape index (κ2) is 8.41. The van der Waals surface area contributed by atoms with Crippen LogP contribution >= 0.6 is 11.6 Å². The fourth-order valence-corrected chi connectivity index (χ4v) is 3.46. The molecule has 0 aliphatic carbocycles. The van der Waals surface area contributed by atoms with E-state index in [1.54, 1.807) is 41.3 Å². The first-order valence-corrected chi connectivity index (χ1v) is 9.60. The number of carbonyl (C=O) groups excluding carboxylic acids is 2. The van der Waals surface area contributed by atoms with Crippen LogP contribution in [0.4, 0.5) is 5.69 Å². The van der Waals surface area contributed by atoms with Gasteiger partial charge in [0, 0.05) is 18.8 Å². The van der Waals surface area contributed by atoms with Gasteiger partial charge in [-0.25, -0.2) is 0 Å². The van der Waals surface area contributed by atoms with Crippen LogP contribution in [-0.2, 0) is 17.8 Å². The third kappa shape index (κ3) is 4.43. The molecule has 2 aromatic carbocycles. The number of para-hydroxylation sites is 1. The number of benzene rings is 2. The average Bonchev–Trinajstić information content (AvgIpc) is 3.27. The maximum absolute atomic E-state index is 12.5. The zero-order valence-electron chi connectivity index (χ0n) is 15.6. The van der Waals surface area contributed by atoms with Crippen LogP contribution in [0.15, 0.2) is 65.3 Å². The summed E-state index contributed by atoms with van der Waals surface area (Å²) in [6, 6.07) is 16.1. The van der Waals surface area contributed by atoms with Crippen molar-refractivity contribution in [2.24, 2.45) is 0 Å². The molecule has 1 N–H and O–H groups in total. The minimum atomic E-state index is -0.288. The van der Waals surface area contributed by atoms with Crippen molar-refractivity contribution in [2.75, 3.05) is 18.5 Å². The highest BCUT2D eigenvalue weighted by Crippen LogP contribution is 2.25. The van der Waals surface area contributed by atoms with Crippen LogP contribution in [0, 0.1) is 0 Å². The number of nitrogens with zero attached hydrogens (tertiary/aromatic N) is 1. The van der Waals surface area contributed by atoms with Crippen molar-refractivity contribution >= 4 is 29.1 Å². The zero-order chi connectivity index (χ0) is 20.2. The van der Waals surface area contributed by atoms with E-state index in [4.69, 9.17) is 20.8 Å². The minimum absolute atomic E-state index is 0.136. The Morgan fingerprint density at radius 3 is 2.76 bits per heavy atom. The molecule has 0 atom stereocenters. The van der Waals surface area contributed by atoms with Crippen LogP contribution in [0.5, 0.6) is 5.75 Å². The van der Waals surface area contributed by atoms with Gasteiger partial charge in [-0.1, -0.05) is 29.8 Å². The Balaban J connectivity index is 1.39. The second-order valence-electron chi connectivity index (χ2n) is 6.70. The number of amides is 2. The Kier molecular flexibility index (Phi) is 5.53. The Morgan fingerprint density at radius 1 is 1.10 bits per heavy atom. The van der Waals surface area contributed by atoms with Crippen molar-refractivity contribution < 1.29 is 18.7 Å². The van der Waals surface area contributed by atoms with Gasteiger partial charge in [-0.15, -0.1) is 0 Å². The molecule has 6 nitrogen and oxygen atoms in total. The van der Waals surface area contributed by atoms with Gasteiger partial charge in [-0.3, -0.25) is 9.59 Å². The zero-order valence-corrected chi connectivity index (χ0v) is 16.3. The van der Waals surface area contributed by atoms with Crippen molar-refractivity contribution in [3.05, 3.63) is 82.8 Å². The normalized spacial score (nSPS) is 12.9. The maximum atomic E-state index is 12.5. The fraction of sp³-hybridized carbons (Fsp3) is 0.182. The highest BCUT2D eigenvalue weighted by atomic mass is 35.5. The van der Waals surface area contributed by atoms with Gasteiger partial charge in [0.25, 0.3) is 11.8 Å². The quantitative estimate of drug-likeness (QED) is 0.685. The van der Waals surface area contributed by atoms with Gasteiger partial charge in [0.15, 0.2) is 12.4 Å². The van der Waals surface area contributed by atoms with Crippen LogP contribution in [-0.4, -0.2) is 29.9 Å². The minimum Gasteiger partial charge on any atom is -0.482 e. The molecular formula is C22H19ClN2O4. The molecule has 1 aliphatic rings. The molecule has 0 fully saturated rings. The molecule has 0 spiro atoms. The monoisotopic (exact) mass is 410 g/mol. The molecule has 4 rings (SSSR count). The van der Waals surface area contributed by atoms with Gasteiger partial charge < -0.3 is 19.4 Å². The number of hydrogen-bond acceptors (Lipinski definition) is 4. The van der Waals surface area contributed by atoms with Gasteiger partial charge in [0.05, 0.1) is 11.3 Å². The number of anilines is 1. The molecule has 0 radical (unpaired) electrons. The molecular weight excluding hydrogens is 392 g/mol. The Bertz CT molecular complexity index is 1030. The van der Waals surface area contributed by atoms with E-state index < -0.39 is 0 Å². The van der Waals surface area contributed by atoms with Gasteiger partial charge in [-0.05, 0) is 53.9 Å². The number of rotatable bonds is 5. The lowest BCUT2D eigenvalue weighted by Crippen LogP contribution is -2.35. The third-order valence-corrected chi connectivity index (χ3v) is 5.03. The van der Waals surface area contributed by atoms with E-state index in [0.717, 1.165) is 12.0 Å². The molecule has 2 amide bonds. The summed E-state index contributed by atoms with van der Waals surface area (Å²) >= 11 is 6.03. The standard InChI is InChI=1S/C22H19ClN2O4/c23-18-4-1-2-5-19(18)29-14-21(26)24-17-8-7-15-9-10-25(13-16(15)12-17)22(27)20-6-3-11-28-20/h1-8,11-12H,9-10,13-14H2,(H,24,26). The largest absolute Gasteiger partial charge is 0.482 e. The highest BCUT2D eigenvalue weighted by Gasteiger charge is 2.23. The average molecular weight is 411 g/mol. The van der Waals surface area contributed by atoms with E-state index in [9.17, 15) is 9.59 Å². The van der Waals surface area contributed by atoms with E-state index in [-0.39, 0.29) is 18.4 Å². The van der Waals surface area contributed by atoms with Gasteiger partial charge in [-0.2, -0.15) is 0 Å². The highest BCUT2D eigenvalue weighted by molar-refractivity contribution is 6.32. The summed E-state index contributed by atoms with van der Waals surface area (Å²) in [5.74, 6) is 0.365. The van der Waals surface area contributed by atoms with Crippen molar-refractivity contribution in [3.8, 4) is 5.75 Å². The van der Waals surface area contributed by atoms with Crippen molar-refractivity contribution in [3.63, 3.8) is 0 Å². The number of carbonyl (C=O) groups is 2. The molecule has 148 valence electrons. The molecule has 3 aromatic rings. The topological polar surface area (TPSA) is 71.8 Å². The Morgan fingerprint density at radius 2 is 1.97 bits per heavy atom. The lowest BCUT2D eigenvalue weighted by molar-refractivity contribution is -0.118. The van der Waals surface area contributed by atoms with E-state index in [2.05, 4.69) is 5.32 Å². The summed E-state index contributed by atoms with van der Waals surface area (Å²) in [7, 11) is 0. The van der Waals surface area contributed by atoms with Gasteiger partial charge in [0.2, 0.25) is 0 Å². The van der Waals surface area contributed by atoms with Gasteiger partial charge in [0.1, 0.15) is 5.75 Å². The Labute approximate surface area is 173 Å². The van der Waals surface area contributed by atoms with E-state index in [0.29, 0.717) is 35.3 Å². The molecule has 2 heterocycles. The molecule has 1 aromatic heterocycles. The predicted octanol–water partition coefficient (Wildman–Crippen LogP) is 4.15. The second-order valence-corrected chi connectivity index (χ2v) is 7.11. The fourth-order valence-electron chi connectivity index (χ4n) is 3.27. The number of halogens is 1. The predicted molar refractivity (Wildman–Crippen MR) is 109 cm³/mol. The molecule has 0 unspecified atom stereocenters. The van der Waals surface area contributed by atoms with Crippen LogP contribution in [0.2, 0.25) is 5.02 Å². The van der Waals surface area contributed by atoms with E-state index in [1.165, 1.54) is 11.8 Å². The first-order valence-electron chi connectivity index (χ1n) is 9.22. The molecule has 1 aliphatic heterocycles.